The van der Waals surface area contributed by atoms with Gasteiger partial charge in [-0.2, -0.15) is 0 Å². The van der Waals surface area contributed by atoms with Crippen LogP contribution in [0.4, 0.5) is 0 Å². The van der Waals surface area contributed by atoms with Gasteiger partial charge in [-0.25, -0.2) is 0 Å². The maximum atomic E-state index is 10.6. The van der Waals surface area contributed by atoms with Gasteiger partial charge in [-0.15, -0.1) is 11.6 Å². The van der Waals surface area contributed by atoms with Crippen molar-refractivity contribution in [2.75, 3.05) is 19.1 Å². The van der Waals surface area contributed by atoms with E-state index < -0.39 is 0 Å². The predicted molar refractivity (Wildman–Crippen MR) is 39.3 cm³/mol. The molecule has 0 aromatic rings. The largest absolute Gasteiger partial charge is 0.380 e. The first kappa shape index (κ1) is 8.02. The normalized spacial score (nSPS) is 32.5. The van der Waals surface area contributed by atoms with Gasteiger partial charge in [0.2, 0.25) is 0 Å². The maximum Gasteiger partial charge on any atom is 0.128 e. The number of hydrogen-bond donors (Lipinski definition) is 0. The molecule has 0 radical (unpaired) electrons. The Labute approximate surface area is 65.5 Å². The summed E-state index contributed by atoms with van der Waals surface area (Å²) in [6.45, 7) is 1.26. The summed E-state index contributed by atoms with van der Waals surface area (Å²) in [4.78, 5) is 10.6. The minimum atomic E-state index is -0.248. The number of hydrogen-bond acceptors (Lipinski definition) is 2. The van der Waals surface area contributed by atoms with Crippen LogP contribution in [0, 0.1) is 5.41 Å². The van der Waals surface area contributed by atoms with Crippen molar-refractivity contribution in [1.29, 1.82) is 0 Å². The van der Waals surface area contributed by atoms with E-state index in [1.54, 1.807) is 0 Å². The van der Waals surface area contributed by atoms with E-state index in [9.17, 15) is 4.79 Å². The van der Waals surface area contributed by atoms with Gasteiger partial charge in [0.25, 0.3) is 0 Å². The molecule has 1 atom stereocenters. The minimum absolute atomic E-state index is 0.248. The summed E-state index contributed by atoms with van der Waals surface area (Å²) in [5, 5.41) is 0. The number of alkyl halides is 1. The monoisotopic (exact) mass is 162 g/mol. The molecule has 0 aromatic heterocycles. The number of carbonyl (C=O) groups excluding carboxylic acids is 1. The quantitative estimate of drug-likeness (QED) is 0.461. The van der Waals surface area contributed by atoms with Crippen LogP contribution >= 0.6 is 11.6 Å². The van der Waals surface area contributed by atoms with E-state index in [1.165, 1.54) is 0 Å². The Morgan fingerprint density at radius 1 is 1.70 bits per heavy atom. The van der Waals surface area contributed by atoms with Crippen LogP contribution in [-0.4, -0.2) is 25.4 Å². The summed E-state index contributed by atoms with van der Waals surface area (Å²) in [7, 11) is 0. The zero-order valence-corrected chi connectivity index (χ0v) is 6.56. The topological polar surface area (TPSA) is 26.3 Å². The Morgan fingerprint density at radius 3 is 2.90 bits per heavy atom. The second-order valence-electron chi connectivity index (χ2n) is 2.72. The van der Waals surface area contributed by atoms with Gasteiger partial charge in [0.05, 0.1) is 12.0 Å². The first-order valence-corrected chi connectivity index (χ1v) is 3.96. The molecule has 1 heterocycles. The molecule has 1 unspecified atom stereocenters. The highest BCUT2D eigenvalue weighted by Gasteiger charge is 2.33. The van der Waals surface area contributed by atoms with Crippen molar-refractivity contribution >= 4 is 17.9 Å². The van der Waals surface area contributed by atoms with E-state index >= 15 is 0 Å². The summed E-state index contributed by atoms with van der Waals surface area (Å²) in [6.07, 6.45) is 2.57. The van der Waals surface area contributed by atoms with Crippen molar-refractivity contribution in [2.24, 2.45) is 5.41 Å². The Morgan fingerprint density at radius 2 is 2.50 bits per heavy atom. The maximum absolute atomic E-state index is 10.6. The third-order valence-electron chi connectivity index (χ3n) is 1.98. The molecule has 1 saturated heterocycles. The molecule has 0 N–H and O–H groups in total. The molecule has 0 bridgehead atoms. The Hall–Kier alpha value is -0.0800. The van der Waals surface area contributed by atoms with Gasteiger partial charge in [0.1, 0.15) is 6.29 Å². The van der Waals surface area contributed by atoms with E-state index in [-0.39, 0.29) is 5.41 Å². The molecule has 0 aliphatic carbocycles. The van der Waals surface area contributed by atoms with Crippen LogP contribution in [0.1, 0.15) is 12.8 Å². The van der Waals surface area contributed by atoms with Crippen molar-refractivity contribution in [1.82, 2.24) is 0 Å². The predicted octanol–water partition coefficient (Wildman–Crippen LogP) is 1.22. The summed E-state index contributed by atoms with van der Waals surface area (Å²) in [5.74, 6) is 0.544. The zero-order chi connectivity index (χ0) is 7.45. The van der Waals surface area contributed by atoms with Gasteiger partial charge in [-0.05, 0) is 12.8 Å². The lowest BCUT2D eigenvalue weighted by Crippen LogP contribution is -2.23. The highest BCUT2D eigenvalue weighted by atomic mass is 35.5. The average molecular weight is 163 g/mol. The third kappa shape index (κ3) is 1.50. The smallest absolute Gasteiger partial charge is 0.128 e. The molecule has 2 nitrogen and oxygen atoms in total. The summed E-state index contributed by atoms with van der Waals surface area (Å²) >= 11 is 5.54. The number of ether oxygens (including phenoxy) is 1. The molecule has 10 heavy (non-hydrogen) atoms. The molecule has 3 heteroatoms. The fourth-order valence-corrected chi connectivity index (χ4v) is 1.54. The lowest BCUT2D eigenvalue weighted by Gasteiger charge is -2.17. The van der Waals surface area contributed by atoms with Crippen LogP contribution in [0.5, 0.6) is 0 Å². The molecule has 58 valence electrons. The van der Waals surface area contributed by atoms with Crippen molar-refractivity contribution in [3.8, 4) is 0 Å². The molecule has 0 aromatic carbocycles. The van der Waals surface area contributed by atoms with Crippen molar-refractivity contribution in [3.63, 3.8) is 0 Å². The van der Waals surface area contributed by atoms with Crippen LogP contribution in [0.25, 0.3) is 0 Å². The van der Waals surface area contributed by atoms with Gasteiger partial charge in [0, 0.05) is 12.5 Å². The molecule has 0 spiro atoms. The SMILES string of the molecule is O=CC1(CCCl)CCOC1. The number of aldehydes is 1. The molecular formula is C7H11ClO2. The van der Waals surface area contributed by atoms with Gasteiger partial charge >= 0.3 is 0 Å². The first-order valence-electron chi connectivity index (χ1n) is 3.43. The lowest BCUT2D eigenvalue weighted by atomic mass is 9.86. The minimum Gasteiger partial charge on any atom is -0.380 e. The fraction of sp³-hybridized carbons (Fsp3) is 0.857. The van der Waals surface area contributed by atoms with E-state index in [4.69, 9.17) is 16.3 Å². The molecule has 1 aliphatic heterocycles. The van der Waals surface area contributed by atoms with E-state index in [1.807, 2.05) is 0 Å². The van der Waals surface area contributed by atoms with E-state index in [0.29, 0.717) is 19.1 Å². The Balaban J connectivity index is 2.49. The summed E-state index contributed by atoms with van der Waals surface area (Å²) in [6, 6.07) is 0. The second kappa shape index (κ2) is 3.35. The molecular weight excluding hydrogens is 152 g/mol. The zero-order valence-electron chi connectivity index (χ0n) is 5.81. The molecule has 0 amide bonds. The molecule has 1 rings (SSSR count). The number of rotatable bonds is 3. The summed E-state index contributed by atoms with van der Waals surface area (Å²) < 4.78 is 5.11. The molecule has 1 aliphatic rings. The van der Waals surface area contributed by atoms with Crippen molar-refractivity contribution in [2.45, 2.75) is 12.8 Å². The van der Waals surface area contributed by atoms with Gasteiger partial charge in [-0.3, -0.25) is 0 Å². The van der Waals surface area contributed by atoms with Crippen LogP contribution in [0.2, 0.25) is 0 Å². The highest BCUT2D eigenvalue weighted by molar-refractivity contribution is 6.17. The highest BCUT2D eigenvalue weighted by Crippen LogP contribution is 2.29. The molecule has 0 saturated carbocycles. The van der Waals surface area contributed by atoms with Crippen LogP contribution in [0.15, 0.2) is 0 Å². The van der Waals surface area contributed by atoms with Crippen molar-refractivity contribution in [3.05, 3.63) is 0 Å². The summed E-state index contributed by atoms with van der Waals surface area (Å²) in [5.41, 5.74) is -0.248. The standard InChI is InChI=1S/C7H11ClO2/c8-3-1-7(5-9)2-4-10-6-7/h5H,1-4,6H2. The Kier molecular flexibility index (Phi) is 2.69. The first-order chi connectivity index (χ1) is 4.83. The lowest BCUT2D eigenvalue weighted by molar-refractivity contribution is -0.116. The van der Waals surface area contributed by atoms with E-state index in [2.05, 4.69) is 0 Å². The second-order valence-corrected chi connectivity index (χ2v) is 3.10. The molecule has 1 fully saturated rings. The van der Waals surface area contributed by atoms with Gasteiger partial charge in [0.15, 0.2) is 0 Å². The Bertz CT molecular complexity index is 119. The number of carbonyl (C=O) groups is 1. The third-order valence-corrected chi connectivity index (χ3v) is 2.17. The van der Waals surface area contributed by atoms with E-state index in [0.717, 1.165) is 19.1 Å². The van der Waals surface area contributed by atoms with Crippen LogP contribution < -0.4 is 0 Å². The number of halogens is 1. The van der Waals surface area contributed by atoms with Crippen molar-refractivity contribution < 1.29 is 9.53 Å². The van der Waals surface area contributed by atoms with Gasteiger partial charge in [-0.1, -0.05) is 0 Å². The van der Waals surface area contributed by atoms with Crippen LogP contribution in [-0.2, 0) is 9.53 Å². The van der Waals surface area contributed by atoms with Gasteiger partial charge < -0.3 is 9.53 Å². The van der Waals surface area contributed by atoms with Crippen LogP contribution in [0.3, 0.4) is 0 Å². The average Bonchev–Trinajstić information content (AvgIpc) is 2.39. The fourth-order valence-electron chi connectivity index (χ4n) is 1.16.